The normalized spacial score (nSPS) is 18.2. The van der Waals surface area contributed by atoms with Crippen molar-refractivity contribution in [1.29, 1.82) is 0 Å². The van der Waals surface area contributed by atoms with Gasteiger partial charge in [-0.15, -0.1) is 0 Å². The molecule has 2 rings (SSSR count). The average molecular weight is 260 g/mol. The van der Waals surface area contributed by atoms with Gasteiger partial charge >= 0.3 is 0 Å². The highest BCUT2D eigenvalue weighted by Gasteiger charge is 2.20. The number of nitrogens with one attached hydrogen (secondary N) is 1. The van der Waals surface area contributed by atoms with Gasteiger partial charge in [-0.2, -0.15) is 0 Å². The molecule has 0 aliphatic carbocycles. The van der Waals surface area contributed by atoms with Crippen molar-refractivity contribution in [2.45, 2.75) is 59.2 Å². The van der Waals surface area contributed by atoms with Crippen LogP contribution in [0.25, 0.3) is 0 Å². The Morgan fingerprint density at radius 1 is 1.21 bits per heavy atom. The summed E-state index contributed by atoms with van der Waals surface area (Å²) in [6.07, 6.45) is 2.56. The molecule has 1 N–H and O–H groups in total. The molecule has 1 aliphatic rings. The predicted molar refractivity (Wildman–Crippen MR) is 82.5 cm³/mol. The first kappa shape index (κ1) is 14.5. The van der Waals surface area contributed by atoms with Gasteiger partial charge in [0.2, 0.25) is 0 Å². The van der Waals surface area contributed by atoms with Crippen molar-refractivity contribution >= 4 is 0 Å². The van der Waals surface area contributed by atoms with Crippen LogP contribution in [-0.4, -0.2) is 30.1 Å². The average Bonchev–Trinajstić information content (AvgIpc) is 2.38. The molecule has 1 aromatic carbocycles. The number of likely N-dealkylation sites (tertiary alicyclic amines) is 1. The zero-order valence-electron chi connectivity index (χ0n) is 12.9. The lowest BCUT2D eigenvalue weighted by atomic mass is 10.0. The predicted octanol–water partition coefficient (Wildman–Crippen LogP) is 3.27. The van der Waals surface area contributed by atoms with Crippen LogP contribution < -0.4 is 5.32 Å². The highest BCUT2D eigenvalue weighted by atomic mass is 15.2. The van der Waals surface area contributed by atoms with Crippen molar-refractivity contribution in [3.63, 3.8) is 0 Å². The first-order chi connectivity index (χ1) is 9.06. The summed E-state index contributed by atoms with van der Waals surface area (Å²) in [6.45, 7) is 12.5. The van der Waals surface area contributed by atoms with Crippen molar-refractivity contribution in [3.05, 3.63) is 34.9 Å². The van der Waals surface area contributed by atoms with E-state index in [0.29, 0.717) is 12.1 Å². The summed E-state index contributed by atoms with van der Waals surface area (Å²) in [4.78, 5) is 2.58. The van der Waals surface area contributed by atoms with Crippen LogP contribution in [0, 0.1) is 13.8 Å². The zero-order valence-corrected chi connectivity index (χ0v) is 12.9. The van der Waals surface area contributed by atoms with Crippen LogP contribution >= 0.6 is 0 Å². The second kappa shape index (κ2) is 6.53. The lowest BCUT2D eigenvalue weighted by Crippen LogP contribution is -2.44. The van der Waals surface area contributed by atoms with Gasteiger partial charge in [0.25, 0.3) is 0 Å². The molecule has 0 spiro atoms. The number of hydrogen-bond donors (Lipinski definition) is 1. The lowest BCUT2D eigenvalue weighted by molar-refractivity contribution is 0.161. The molecule has 2 heteroatoms. The maximum atomic E-state index is 3.73. The number of rotatable bonds is 4. The molecule has 0 unspecified atom stereocenters. The minimum atomic E-state index is 0.690. The first-order valence-corrected chi connectivity index (χ1v) is 7.60. The Balaban J connectivity index is 1.80. The van der Waals surface area contributed by atoms with Gasteiger partial charge in [0.1, 0.15) is 0 Å². The second-order valence-electron chi connectivity index (χ2n) is 6.21. The van der Waals surface area contributed by atoms with Crippen molar-refractivity contribution in [2.24, 2.45) is 0 Å². The summed E-state index contributed by atoms with van der Waals surface area (Å²) >= 11 is 0. The van der Waals surface area contributed by atoms with E-state index in [1.165, 1.54) is 42.6 Å². The van der Waals surface area contributed by atoms with E-state index >= 15 is 0 Å². The molecule has 19 heavy (non-hydrogen) atoms. The van der Waals surface area contributed by atoms with Crippen molar-refractivity contribution in [1.82, 2.24) is 10.2 Å². The smallest absolute Gasteiger partial charge is 0.0210 e. The van der Waals surface area contributed by atoms with Crippen LogP contribution in [0.5, 0.6) is 0 Å². The van der Waals surface area contributed by atoms with E-state index in [-0.39, 0.29) is 0 Å². The van der Waals surface area contributed by atoms with E-state index in [4.69, 9.17) is 0 Å². The van der Waals surface area contributed by atoms with Crippen LogP contribution in [0.1, 0.15) is 43.4 Å². The van der Waals surface area contributed by atoms with Gasteiger partial charge < -0.3 is 10.2 Å². The molecular weight excluding hydrogens is 232 g/mol. The Labute approximate surface area is 118 Å². The van der Waals surface area contributed by atoms with Gasteiger partial charge in [-0.25, -0.2) is 0 Å². The molecule has 1 saturated heterocycles. The van der Waals surface area contributed by atoms with E-state index in [1.807, 2.05) is 0 Å². The van der Waals surface area contributed by atoms with E-state index in [0.717, 1.165) is 6.54 Å². The number of benzene rings is 1. The molecule has 1 aromatic rings. The van der Waals surface area contributed by atoms with E-state index in [1.54, 1.807) is 0 Å². The lowest BCUT2D eigenvalue weighted by Gasteiger charge is -2.35. The van der Waals surface area contributed by atoms with Crippen molar-refractivity contribution in [2.75, 3.05) is 13.1 Å². The van der Waals surface area contributed by atoms with Crippen LogP contribution in [0.15, 0.2) is 18.2 Å². The van der Waals surface area contributed by atoms with Gasteiger partial charge in [-0.3, -0.25) is 0 Å². The monoisotopic (exact) mass is 260 g/mol. The number of aryl methyl sites for hydroxylation is 2. The first-order valence-electron chi connectivity index (χ1n) is 7.60. The molecule has 106 valence electrons. The van der Waals surface area contributed by atoms with Crippen molar-refractivity contribution < 1.29 is 0 Å². The maximum Gasteiger partial charge on any atom is 0.0210 e. The molecule has 0 saturated carbocycles. The molecule has 0 radical (unpaired) electrons. The summed E-state index contributed by atoms with van der Waals surface area (Å²) in [7, 11) is 0. The van der Waals surface area contributed by atoms with Gasteiger partial charge in [0.15, 0.2) is 0 Å². The zero-order chi connectivity index (χ0) is 13.8. The van der Waals surface area contributed by atoms with E-state index in [9.17, 15) is 0 Å². The quantitative estimate of drug-likeness (QED) is 0.894. The summed E-state index contributed by atoms with van der Waals surface area (Å²) in [5.74, 6) is 0. The number of hydrogen-bond acceptors (Lipinski definition) is 2. The highest BCUT2D eigenvalue weighted by molar-refractivity contribution is 5.30. The van der Waals surface area contributed by atoms with Crippen LogP contribution in [0.3, 0.4) is 0 Å². The molecule has 0 bridgehead atoms. The topological polar surface area (TPSA) is 15.3 Å². The fourth-order valence-corrected chi connectivity index (χ4v) is 2.92. The Morgan fingerprint density at radius 3 is 2.47 bits per heavy atom. The molecule has 0 amide bonds. The third-order valence-electron chi connectivity index (χ3n) is 4.34. The van der Waals surface area contributed by atoms with E-state index in [2.05, 4.69) is 56.1 Å². The molecule has 1 heterocycles. The molecule has 0 aromatic heterocycles. The third kappa shape index (κ3) is 4.05. The Bertz CT molecular complexity index is 404. The molecule has 1 fully saturated rings. The van der Waals surface area contributed by atoms with Crippen molar-refractivity contribution in [3.8, 4) is 0 Å². The third-order valence-corrected chi connectivity index (χ3v) is 4.34. The van der Waals surface area contributed by atoms with E-state index < -0.39 is 0 Å². The van der Waals surface area contributed by atoms with Crippen LogP contribution in [-0.2, 0) is 6.54 Å². The minimum Gasteiger partial charge on any atom is -0.310 e. The van der Waals surface area contributed by atoms with Gasteiger partial charge in [0, 0.05) is 18.6 Å². The molecular formula is C17H28N2. The van der Waals surface area contributed by atoms with Gasteiger partial charge in [-0.05, 0) is 64.8 Å². The Morgan fingerprint density at radius 2 is 1.89 bits per heavy atom. The van der Waals surface area contributed by atoms with Gasteiger partial charge in [-0.1, -0.05) is 23.8 Å². The standard InChI is InChI=1S/C17H28N2/c1-13(2)19-9-7-17(8-10-19)18-12-16-6-5-14(3)11-15(16)4/h5-6,11,13,17-18H,7-10,12H2,1-4H3. The Hall–Kier alpha value is -0.860. The highest BCUT2D eigenvalue weighted by Crippen LogP contribution is 2.15. The summed E-state index contributed by atoms with van der Waals surface area (Å²) in [6, 6.07) is 8.14. The fourth-order valence-electron chi connectivity index (χ4n) is 2.92. The fraction of sp³-hybridized carbons (Fsp3) is 0.647. The summed E-state index contributed by atoms with van der Waals surface area (Å²) in [5.41, 5.74) is 4.20. The molecule has 2 nitrogen and oxygen atoms in total. The SMILES string of the molecule is Cc1ccc(CNC2CCN(C(C)C)CC2)c(C)c1. The molecule has 1 aliphatic heterocycles. The number of nitrogens with zero attached hydrogens (tertiary/aromatic N) is 1. The number of piperidine rings is 1. The summed E-state index contributed by atoms with van der Waals surface area (Å²) in [5, 5.41) is 3.73. The maximum absolute atomic E-state index is 3.73. The Kier molecular flexibility index (Phi) is 5.00. The summed E-state index contributed by atoms with van der Waals surface area (Å²) < 4.78 is 0. The minimum absolute atomic E-state index is 0.690. The second-order valence-corrected chi connectivity index (χ2v) is 6.21. The largest absolute Gasteiger partial charge is 0.310 e. The van der Waals surface area contributed by atoms with Gasteiger partial charge in [0.05, 0.1) is 0 Å². The van der Waals surface area contributed by atoms with Crippen LogP contribution in [0.4, 0.5) is 0 Å². The van der Waals surface area contributed by atoms with Crippen LogP contribution in [0.2, 0.25) is 0 Å². The molecule has 0 atom stereocenters.